The van der Waals surface area contributed by atoms with Crippen molar-refractivity contribution in [2.75, 3.05) is 26.2 Å². The molecule has 110 valence electrons. The number of hydrogen-bond donors (Lipinski definition) is 2. The van der Waals surface area contributed by atoms with E-state index in [9.17, 15) is 4.79 Å². The van der Waals surface area contributed by atoms with Gasteiger partial charge in [-0.05, 0) is 58.2 Å². The highest BCUT2D eigenvalue weighted by Crippen LogP contribution is 2.16. The van der Waals surface area contributed by atoms with Crippen molar-refractivity contribution in [1.29, 1.82) is 0 Å². The Morgan fingerprint density at radius 2 is 2.05 bits per heavy atom. The van der Waals surface area contributed by atoms with E-state index in [2.05, 4.69) is 29.4 Å². The zero-order valence-electron chi connectivity index (χ0n) is 12.5. The number of carbonyl (C=O) groups is 1. The van der Waals surface area contributed by atoms with Crippen molar-refractivity contribution in [3.8, 4) is 0 Å². The third-order valence-corrected chi connectivity index (χ3v) is 4.42. The molecule has 0 aromatic rings. The van der Waals surface area contributed by atoms with Gasteiger partial charge in [-0.3, -0.25) is 4.79 Å². The summed E-state index contributed by atoms with van der Waals surface area (Å²) >= 11 is 0. The molecule has 2 aliphatic heterocycles. The monoisotopic (exact) mass is 267 g/mol. The summed E-state index contributed by atoms with van der Waals surface area (Å²) in [5.74, 6) is 0.646. The Bertz CT molecular complexity index is 289. The Hall–Kier alpha value is -0.610. The molecule has 2 rings (SSSR count). The summed E-state index contributed by atoms with van der Waals surface area (Å²) < 4.78 is 0. The molecule has 3 atom stereocenters. The predicted octanol–water partition coefficient (Wildman–Crippen LogP) is 1.37. The molecule has 2 fully saturated rings. The van der Waals surface area contributed by atoms with Gasteiger partial charge >= 0.3 is 0 Å². The van der Waals surface area contributed by atoms with Crippen molar-refractivity contribution in [3.63, 3.8) is 0 Å². The van der Waals surface area contributed by atoms with Crippen LogP contribution in [-0.2, 0) is 4.79 Å². The van der Waals surface area contributed by atoms with Gasteiger partial charge in [0.2, 0.25) is 5.91 Å². The van der Waals surface area contributed by atoms with Crippen LogP contribution in [0.4, 0.5) is 0 Å². The molecule has 3 unspecified atom stereocenters. The standard InChI is InChI=1S/C15H29N3O/c1-12-7-6-8-16-14(12)15(19)17-13(2)11-18-9-4-3-5-10-18/h12-14,16H,3-11H2,1-2H3,(H,17,19). The Morgan fingerprint density at radius 1 is 1.32 bits per heavy atom. The molecule has 0 spiro atoms. The first-order valence-corrected chi connectivity index (χ1v) is 7.93. The molecule has 0 bridgehead atoms. The van der Waals surface area contributed by atoms with Crippen LogP contribution < -0.4 is 10.6 Å². The fourth-order valence-corrected chi connectivity index (χ4v) is 3.31. The minimum absolute atomic E-state index is 0.0116. The van der Waals surface area contributed by atoms with Crippen LogP contribution in [0.3, 0.4) is 0 Å². The van der Waals surface area contributed by atoms with E-state index in [1.807, 2.05) is 0 Å². The van der Waals surface area contributed by atoms with Crippen LogP contribution >= 0.6 is 0 Å². The van der Waals surface area contributed by atoms with Gasteiger partial charge in [-0.1, -0.05) is 13.3 Å². The summed E-state index contributed by atoms with van der Waals surface area (Å²) in [6, 6.07) is 0.263. The van der Waals surface area contributed by atoms with Gasteiger partial charge < -0.3 is 15.5 Å². The van der Waals surface area contributed by atoms with E-state index in [-0.39, 0.29) is 18.0 Å². The van der Waals surface area contributed by atoms with E-state index in [1.165, 1.54) is 38.8 Å². The van der Waals surface area contributed by atoms with Crippen LogP contribution in [0.1, 0.15) is 46.0 Å². The smallest absolute Gasteiger partial charge is 0.237 e. The zero-order valence-corrected chi connectivity index (χ0v) is 12.5. The number of likely N-dealkylation sites (tertiary alicyclic amines) is 1. The average molecular weight is 267 g/mol. The van der Waals surface area contributed by atoms with Gasteiger partial charge in [0.25, 0.3) is 0 Å². The van der Waals surface area contributed by atoms with Gasteiger partial charge in [0.1, 0.15) is 0 Å². The molecule has 2 saturated heterocycles. The average Bonchev–Trinajstić information content (AvgIpc) is 2.40. The van der Waals surface area contributed by atoms with Crippen molar-refractivity contribution < 1.29 is 4.79 Å². The van der Waals surface area contributed by atoms with Gasteiger partial charge in [-0.2, -0.15) is 0 Å². The minimum Gasteiger partial charge on any atom is -0.351 e. The van der Waals surface area contributed by atoms with E-state index in [0.717, 1.165) is 19.5 Å². The summed E-state index contributed by atoms with van der Waals surface area (Å²) in [7, 11) is 0. The van der Waals surface area contributed by atoms with Gasteiger partial charge in [-0.25, -0.2) is 0 Å². The van der Waals surface area contributed by atoms with Crippen molar-refractivity contribution >= 4 is 5.91 Å². The van der Waals surface area contributed by atoms with Crippen molar-refractivity contribution in [2.45, 2.75) is 58.0 Å². The second kappa shape index (κ2) is 7.25. The number of piperidine rings is 2. The molecule has 0 aliphatic carbocycles. The maximum atomic E-state index is 12.3. The van der Waals surface area contributed by atoms with Crippen LogP contribution in [-0.4, -0.2) is 49.1 Å². The first-order chi connectivity index (χ1) is 9.16. The van der Waals surface area contributed by atoms with Crippen molar-refractivity contribution in [2.24, 2.45) is 5.92 Å². The van der Waals surface area contributed by atoms with E-state index >= 15 is 0 Å². The topological polar surface area (TPSA) is 44.4 Å². The number of amides is 1. The van der Waals surface area contributed by atoms with Crippen LogP contribution in [0.2, 0.25) is 0 Å². The molecule has 2 heterocycles. The molecule has 0 radical (unpaired) electrons. The third-order valence-electron chi connectivity index (χ3n) is 4.42. The molecule has 0 aromatic carbocycles. The van der Waals surface area contributed by atoms with E-state index in [1.54, 1.807) is 0 Å². The van der Waals surface area contributed by atoms with E-state index in [0.29, 0.717) is 5.92 Å². The molecule has 0 saturated carbocycles. The molecule has 4 heteroatoms. The second-order valence-corrected chi connectivity index (χ2v) is 6.32. The number of rotatable bonds is 4. The highest BCUT2D eigenvalue weighted by Gasteiger charge is 2.28. The lowest BCUT2D eigenvalue weighted by Gasteiger charge is -2.32. The van der Waals surface area contributed by atoms with Crippen LogP contribution in [0, 0.1) is 5.92 Å². The summed E-state index contributed by atoms with van der Waals surface area (Å²) in [6.07, 6.45) is 6.32. The lowest BCUT2D eigenvalue weighted by atomic mass is 9.92. The summed E-state index contributed by atoms with van der Waals surface area (Å²) in [5, 5.41) is 6.54. The van der Waals surface area contributed by atoms with Crippen molar-refractivity contribution in [3.05, 3.63) is 0 Å². The van der Waals surface area contributed by atoms with Gasteiger partial charge in [-0.15, -0.1) is 0 Å². The first-order valence-electron chi connectivity index (χ1n) is 7.93. The third kappa shape index (κ3) is 4.46. The number of nitrogens with one attached hydrogen (secondary N) is 2. The first kappa shape index (κ1) is 14.8. The van der Waals surface area contributed by atoms with Crippen molar-refractivity contribution in [1.82, 2.24) is 15.5 Å². The fraction of sp³-hybridized carbons (Fsp3) is 0.933. The molecule has 0 aromatic heterocycles. The summed E-state index contributed by atoms with van der Waals surface area (Å²) in [6.45, 7) is 8.65. The lowest BCUT2D eigenvalue weighted by Crippen LogP contribution is -2.54. The minimum atomic E-state index is 0.0116. The molecular formula is C15H29N3O. The maximum Gasteiger partial charge on any atom is 0.237 e. The fourth-order valence-electron chi connectivity index (χ4n) is 3.31. The summed E-state index contributed by atoms with van der Waals surface area (Å²) in [5.41, 5.74) is 0. The lowest BCUT2D eigenvalue weighted by molar-refractivity contribution is -0.125. The maximum absolute atomic E-state index is 12.3. The highest BCUT2D eigenvalue weighted by molar-refractivity contribution is 5.82. The molecule has 19 heavy (non-hydrogen) atoms. The predicted molar refractivity (Wildman–Crippen MR) is 78.1 cm³/mol. The van der Waals surface area contributed by atoms with Gasteiger partial charge in [0, 0.05) is 12.6 Å². The van der Waals surface area contributed by atoms with Gasteiger partial charge in [0.05, 0.1) is 6.04 Å². The number of hydrogen-bond acceptors (Lipinski definition) is 3. The normalized spacial score (nSPS) is 30.8. The van der Waals surface area contributed by atoms with E-state index in [4.69, 9.17) is 0 Å². The van der Waals surface area contributed by atoms with Crippen LogP contribution in [0.5, 0.6) is 0 Å². The highest BCUT2D eigenvalue weighted by atomic mass is 16.2. The largest absolute Gasteiger partial charge is 0.351 e. The zero-order chi connectivity index (χ0) is 13.7. The van der Waals surface area contributed by atoms with Crippen LogP contribution in [0.25, 0.3) is 0 Å². The Morgan fingerprint density at radius 3 is 2.74 bits per heavy atom. The Balaban J connectivity index is 1.74. The molecule has 4 nitrogen and oxygen atoms in total. The molecule has 1 amide bonds. The number of carbonyl (C=O) groups excluding carboxylic acids is 1. The molecule has 2 N–H and O–H groups in total. The van der Waals surface area contributed by atoms with Crippen LogP contribution in [0.15, 0.2) is 0 Å². The van der Waals surface area contributed by atoms with Gasteiger partial charge in [0.15, 0.2) is 0 Å². The SMILES string of the molecule is CC(CN1CCCCC1)NC(=O)C1NCCCC1C. The molecule has 2 aliphatic rings. The number of nitrogens with zero attached hydrogens (tertiary/aromatic N) is 1. The second-order valence-electron chi connectivity index (χ2n) is 6.32. The quantitative estimate of drug-likeness (QED) is 0.808. The molecular weight excluding hydrogens is 238 g/mol. The Labute approximate surface area is 117 Å². The van der Waals surface area contributed by atoms with E-state index < -0.39 is 0 Å². The Kier molecular flexibility index (Phi) is 5.64. The summed E-state index contributed by atoms with van der Waals surface area (Å²) in [4.78, 5) is 14.7.